The molecule has 2 spiro atoms. The van der Waals surface area contributed by atoms with Crippen molar-refractivity contribution in [1.29, 1.82) is 0 Å². The van der Waals surface area contributed by atoms with Crippen molar-refractivity contribution in [2.75, 3.05) is 45.2 Å². The van der Waals surface area contributed by atoms with Gasteiger partial charge in [0.25, 0.3) is 0 Å². The average Bonchev–Trinajstić information content (AvgIpc) is 3.44. The Kier molecular flexibility index (Phi) is 8.52. The number of halogens is 3. The fourth-order valence-electron chi connectivity index (χ4n) is 6.05. The van der Waals surface area contributed by atoms with Crippen LogP contribution >= 0.6 is 0 Å². The number of ether oxygens (including phenoxy) is 1. The summed E-state index contributed by atoms with van der Waals surface area (Å²) in [5, 5.41) is 13.2. The van der Waals surface area contributed by atoms with Gasteiger partial charge in [0, 0.05) is 68.8 Å². The van der Waals surface area contributed by atoms with Crippen molar-refractivity contribution < 1.29 is 37.4 Å². The fraction of sp³-hybridized carbons (Fsp3) is 0.481. The van der Waals surface area contributed by atoms with Gasteiger partial charge in [0.15, 0.2) is 0 Å². The first kappa shape index (κ1) is 29.1. The highest BCUT2D eigenvalue weighted by Gasteiger charge is 2.63. The predicted octanol–water partition coefficient (Wildman–Crippen LogP) is 3.36. The number of carboxylic acids is 1. The number of amides is 3. The number of hydrogen-bond acceptors (Lipinski definition) is 6. The van der Waals surface area contributed by atoms with E-state index in [0.29, 0.717) is 18.8 Å². The van der Waals surface area contributed by atoms with E-state index in [1.165, 1.54) is 5.56 Å². The van der Waals surface area contributed by atoms with Gasteiger partial charge in [-0.1, -0.05) is 12.1 Å². The molecule has 2 aromatic rings. The van der Waals surface area contributed by atoms with Crippen molar-refractivity contribution in [3.8, 4) is 5.75 Å². The molecule has 1 aromatic heterocycles. The third-order valence-corrected chi connectivity index (χ3v) is 8.01. The molecule has 1 atom stereocenters. The zero-order valence-electron chi connectivity index (χ0n) is 22.0. The van der Waals surface area contributed by atoms with Crippen LogP contribution < -0.4 is 15.4 Å². The Balaban J connectivity index is 0.000000470. The molecule has 3 aliphatic heterocycles. The number of likely N-dealkylation sites (tertiary alicyclic amines) is 2. The van der Waals surface area contributed by atoms with Crippen LogP contribution in [0.25, 0.3) is 0 Å². The standard InChI is InChI=1S/C25H31N5O3.C2HF3O2/c1-33-21-6-2-5-20(14-21)28-23(32)30-12-8-24(9-13-30)17-29(16-19-4-3-10-26-15-19)18-25(24)7-11-27-22(25)31;3-2(4,5)1(6)7/h2-6,10,14-15H,7-9,11-13,16-18H2,1H3,(H,27,31)(H,28,32);(H,6,7). The number of methoxy groups -OCH3 is 1. The van der Waals surface area contributed by atoms with Crippen molar-refractivity contribution in [2.24, 2.45) is 10.8 Å². The number of hydrogen-bond donors (Lipinski definition) is 3. The normalized spacial score (nSPS) is 22.0. The van der Waals surface area contributed by atoms with Gasteiger partial charge in [-0.25, -0.2) is 9.59 Å². The second-order valence-corrected chi connectivity index (χ2v) is 10.3. The zero-order valence-corrected chi connectivity index (χ0v) is 22.0. The van der Waals surface area contributed by atoms with Gasteiger partial charge < -0.3 is 25.4 Å². The van der Waals surface area contributed by atoms with Gasteiger partial charge in [-0.2, -0.15) is 13.2 Å². The zero-order chi connectivity index (χ0) is 29.0. The smallest absolute Gasteiger partial charge is 0.490 e. The van der Waals surface area contributed by atoms with Crippen LogP contribution in [0.4, 0.5) is 23.7 Å². The van der Waals surface area contributed by atoms with Crippen molar-refractivity contribution in [1.82, 2.24) is 20.1 Å². The summed E-state index contributed by atoms with van der Waals surface area (Å²) in [7, 11) is 1.61. The van der Waals surface area contributed by atoms with Crippen LogP contribution in [0.15, 0.2) is 48.8 Å². The van der Waals surface area contributed by atoms with Crippen molar-refractivity contribution in [2.45, 2.75) is 32.0 Å². The quantitative estimate of drug-likeness (QED) is 0.521. The molecule has 0 aliphatic carbocycles. The molecule has 5 rings (SSSR count). The molecule has 3 aliphatic rings. The molecule has 1 aromatic carbocycles. The minimum absolute atomic E-state index is 0.103. The number of nitrogens with one attached hydrogen (secondary N) is 2. The number of anilines is 1. The van der Waals surface area contributed by atoms with Gasteiger partial charge in [-0.05, 0) is 43.0 Å². The molecule has 3 N–H and O–H groups in total. The molecule has 40 heavy (non-hydrogen) atoms. The highest BCUT2D eigenvalue weighted by molar-refractivity contribution is 5.90. The van der Waals surface area contributed by atoms with Crippen LogP contribution in [-0.2, 0) is 16.1 Å². The summed E-state index contributed by atoms with van der Waals surface area (Å²) in [5.74, 6) is -1.86. The maximum absolute atomic E-state index is 13.1. The number of carbonyl (C=O) groups is 3. The highest BCUT2D eigenvalue weighted by atomic mass is 19.4. The van der Waals surface area contributed by atoms with Crippen LogP contribution in [0, 0.1) is 10.8 Å². The summed E-state index contributed by atoms with van der Waals surface area (Å²) in [6.07, 6.45) is 1.13. The van der Waals surface area contributed by atoms with Crippen LogP contribution in [0.2, 0.25) is 0 Å². The van der Waals surface area contributed by atoms with E-state index < -0.39 is 12.1 Å². The Morgan fingerprint density at radius 3 is 2.45 bits per heavy atom. The van der Waals surface area contributed by atoms with E-state index in [1.54, 1.807) is 13.3 Å². The lowest BCUT2D eigenvalue weighted by molar-refractivity contribution is -0.192. The molecule has 10 nitrogen and oxygen atoms in total. The number of pyridine rings is 1. The van der Waals surface area contributed by atoms with Gasteiger partial charge >= 0.3 is 18.2 Å². The number of benzene rings is 1. The van der Waals surface area contributed by atoms with Crippen molar-refractivity contribution in [3.05, 3.63) is 54.4 Å². The van der Waals surface area contributed by atoms with Crippen LogP contribution in [0.1, 0.15) is 24.8 Å². The molecule has 3 amide bonds. The first-order valence-corrected chi connectivity index (χ1v) is 12.9. The van der Waals surface area contributed by atoms with E-state index in [0.717, 1.165) is 51.1 Å². The molecule has 3 saturated heterocycles. The topological polar surface area (TPSA) is 124 Å². The Morgan fingerprint density at radius 2 is 1.88 bits per heavy atom. The van der Waals surface area contributed by atoms with Gasteiger partial charge in [0.05, 0.1) is 12.5 Å². The lowest BCUT2D eigenvalue weighted by Crippen LogP contribution is -2.53. The average molecular weight is 564 g/mol. The second-order valence-electron chi connectivity index (χ2n) is 10.3. The Morgan fingerprint density at radius 1 is 1.15 bits per heavy atom. The summed E-state index contributed by atoms with van der Waals surface area (Å²) in [6, 6.07) is 11.3. The number of carboxylic acid groups (broad SMARTS) is 1. The third kappa shape index (κ3) is 6.14. The van der Waals surface area contributed by atoms with E-state index in [9.17, 15) is 22.8 Å². The molecular weight excluding hydrogens is 531 g/mol. The number of aliphatic carboxylic acids is 1. The largest absolute Gasteiger partial charge is 0.497 e. The number of nitrogens with zero attached hydrogens (tertiary/aromatic N) is 3. The summed E-state index contributed by atoms with van der Waals surface area (Å²) in [5.41, 5.74) is 1.40. The number of alkyl halides is 3. The molecular formula is C27H32F3N5O5. The molecule has 4 heterocycles. The second kappa shape index (κ2) is 11.7. The minimum Gasteiger partial charge on any atom is -0.497 e. The summed E-state index contributed by atoms with van der Waals surface area (Å²) in [6.45, 7) is 4.47. The third-order valence-electron chi connectivity index (χ3n) is 8.01. The van der Waals surface area contributed by atoms with E-state index >= 15 is 0 Å². The monoisotopic (exact) mass is 563 g/mol. The number of fused-ring (bicyclic) bond motifs is 1. The number of carbonyl (C=O) groups excluding carboxylic acids is 2. The Bertz CT molecular complexity index is 1220. The van der Waals surface area contributed by atoms with E-state index in [-0.39, 0.29) is 22.8 Å². The number of aromatic nitrogens is 1. The molecule has 216 valence electrons. The lowest BCUT2D eigenvalue weighted by atomic mass is 9.60. The van der Waals surface area contributed by atoms with E-state index in [2.05, 4.69) is 26.6 Å². The summed E-state index contributed by atoms with van der Waals surface area (Å²) in [4.78, 5) is 43.5. The summed E-state index contributed by atoms with van der Waals surface area (Å²) < 4.78 is 37.0. The van der Waals surface area contributed by atoms with Gasteiger partial charge in [-0.15, -0.1) is 0 Å². The molecule has 13 heteroatoms. The minimum atomic E-state index is -5.08. The number of rotatable bonds is 4. The molecule has 3 fully saturated rings. The van der Waals surface area contributed by atoms with Crippen LogP contribution in [0.3, 0.4) is 0 Å². The maximum atomic E-state index is 13.1. The van der Waals surface area contributed by atoms with Gasteiger partial charge in [-0.3, -0.25) is 14.7 Å². The van der Waals surface area contributed by atoms with Gasteiger partial charge in [0.1, 0.15) is 5.75 Å². The lowest BCUT2D eigenvalue weighted by Gasteiger charge is -2.46. The first-order chi connectivity index (χ1) is 19.0. The first-order valence-electron chi connectivity index (χ1n) is 12.9. The molecule has 0 radical (unpaired) electrons. The number of urea groups is 1. The molecule has 0 saturated carbocycles. The fourth-order valence-corrected chi connectivity index (χ4v) is 6.05. The van der Waals surface area contributed by atoms with Crippen molar-refractivity contribution in [3.63, 3.8) is 0 Å². The number of piperidine rings is 1. The predicted molar refractivity (Wildman–Crippen MR) is 139 cm³/mol. The van der Waals surface area contributed by atoms with Crippen molar-refractivity contribution >= 4 is 23.6 Å². The van der Waals surface area contributed by atoms with E-state index in [1.807, 2.05) is 41.4 Å². The van der Waals surface area contributed by atoms with Gasteiger partial charge in [0.2, 0.25) is 5.91 Å². The SMILES string of the molecule is COc1cccc(NC(=O)N2CCC3(CC2)CN(Cc2cccnc2)CC32CCNC2=O)c1.O=C(O)C(F)(F)F. The summed E-state index contributed by atoms with van der Waals surface area (Å²) >= 11 is 0. The van der Waals surface area contributed by atoms with Crippen LogP contribution in [0.5, 0.6) is 5.75 Å². The van der Waals surface area contributed by atoms with E-state index in [4.69, 9.17) is 14.6 Å². The Labute approximate surface area is 229 Å². The molecule has 0 bridgehead atoms. The Hall–Kier alpha value is -3.87. The maximum Gasteiger partial charge on any atom is 0.490 e. The molecule has 1 unspecified atom stereocenters. The highest BCUT2D eigenvalue weighted by Crippen LogP contribution is 2.56. The van der Waals surface area contributed by atoms with Crippen LogP contribution in [-0.4, -0.2) is 83.8 Å².